The molecule has 10 N–H and O–H groups in total. The quantitative estimate of drug-likeness (QED) is 0.0165. The SMILES string of the molecule is Cc1cc(SCC2=C(C(=O)O)N3C(=O)[C@@H](NC(=O)/C(=N/OC(C)(C)C(=O)NNC(=O)c4ccc(O)c(O)c4)c4csc(N)n4)[C@H]3SC2)n2nc(C(=O)NO)nc2n1. The van der Waals surface area contributed by atoms with Crippen LogP contribution in [0, 0.1) is 6.92 Å². The number of carboxylic acid groups (broad SMARTS) is 1. The number of fused-ring (bicyclic) bond motifs is 2. The van der Waals surface area contributed by atoms with Crippen molar-refractivity contribution < 1.29 is 54.1 Å². The average Bonchev–Trinajstić information content (AvgIpc) is 3.81. The van der Waals surface area contributed by atoms with E-state index in [1.54, 1.807) is 13.0 Å². The number of β-lactam (4-membered cyclic amide) rings is 1. The Hall–Kier alpha value is -6.51. The molecule has 0 aliphatic carbocycles. The third-order valence-electron chi connectivity index (χ3n) is 8.06. The number of rotatable bonds is 12. The van der Waals surface area contributed by atoms with Crippen LogP contribution in [0.25, 0.3) is 5.78 Å². The number of aryl methyl sites for hydroxylation is 1. The highest BCUT2D eigenvalue weighted by molar-refractivity contribution is 8.01. The Balaban J connectivity index is 1.15. The number of amides is 5. The number of anilines is 1. The molecule has 1 fully saturated rings. The lowest BCUT2D eigenvalue weighted by atomic mass is 10.0. The van der Waals surface area contributed by atoms with E-state index in [1.807, 2.05) is 0 Å². The minimum atomic E-state index is -1.83. The zero-order valence-corrected chi connectivity index (χ0v) is 32.0. The summed E-state index contributed by atoms with van der Waals surface area (Å²) in [5.41, 5.74) is 9.68. The number of carbonyl (C=O) groups excluding carboxylic acids is 5. The number of thiazole rings is 1. The van der Waals surface area contributed by atoms with Crippen molar-refractivity contribution in [3.63, 3.8) is 0 Å². The monoisotopic (exact) mass is 842 g/mol. The number of nitrogens with zero attached hydrogens (tertiary/aromatic N) is 7. The number of aromatic hydroxyl groups is 2. The molecule has 57 heavy (non-hydrogen) atoms. The number of hydrogen-bond donors (Lipinski definition) is 9. The fraction of sp³-hybridized carbons (Fsp3) is 0.258. The van der Waals surface area contributed by atoms with E-state index >= 15 is 0 Å². The van der Waals surface area contributed by atoms with Gasteiger partial charge in [-0.2, -0.15) is 9.50 Å². The number of nitrogen functional groups attached to an aromatic ring is 1. The molecule has 1 aromatic carbocycles. The second kappa shape index (κ2) is 15.9. The molecule has 3 aromatic heterocycles. The molecule has 26 heteroatoms. The number of thioether (sulfide) groups is 2. The van der Waals surface area contributed by atoms with Gasteiger partial charge in [0.05, 0.1) is 0 Å². The molecule has 0 unspecified atom stereocenters. The topological polar surface area (TPSA) is 338 Å². The number of hydrogen-bond acceptors (Lipinski definition) is 19. The molecule has 6 rings (SSSR count). The van der Waals surface area contributed by atoms with E-state index in [2.05, 4.69) is 41.4 Å². The number of aliphatic carboxylic acids is 1. The Kier molecular flexibility index (Phi) is 11.2. The number of nitrogens with one attached hydrogen (secondary N) is 4. The molecule has 0 spiro atoms. The van der Waals surface area contributed by atoms with Gasteiger partial charge in [0.25, 0.3) is 29.4 Å². The van der Waals surface area contributed by atoms with Gasteiger partial charge in [-0.3, -0.25) is 44.9 Å². The predicted molar refractivity (Wildman–Crippen MR) is 199 cm³/mol. The highest BCUT2D eigenvalue weighted by Gasteiger charge is 2.54. The maximum Gasteiger partial charge on any atom is 0.352 e. The Labute approximate surface area is 331 Å². The van der Waals surface area contributed by atoms with Crippen molar-refractivity contribution in [2.24, 2.45) is 5.16 Å². The molecule has 2 aliphatic rings. The number of nitrogens with two attached hydrogens (primary N) is 1. The van der Waals surface area contributed by atoms with Gasteiger partial charge < -0.3 is 31.2 Å². The molecule has 0 radical (unpaired) electrons. The van der Waals surface area contributed by atoms with E-state index in [9.17, 15) is 44.1 Å². The van der Waals surface area contributed by atoms with E-state index in [0.29, 0.717) is 16.3 Å². The smallest absolute Gasteiger partial charge is 0.352 e. The van der Waals surface area contributed by atoms with Crippen LogP contribution in [0.1, 0.15) is 46.2 Å². The summed E-state index contributed by atoms with van der Waals surface area (Å²) in [6, 6.07) is 3.69. The fourth-order valence-corrected chi connectivity index (χ4v) is 8.25. The average molecular weight is 843 g/mol. The number of phenolic OH excluding ortho intramolecular Hbond substituents is 2. The van der Waals surface area contributed by atoms with Gasteiger partial charge in [0.1, 0.15) is 27.8 Å². The van der Waals surface area contributed by atoms with Crippen LogP contribution in [0.2, 0.25) is 0 Å². The minimum Gasteiger partial charge on any atom is -0.504 e. The number of hydroxylamine groups is 1. The Morgan fingerprint density at radius 1 is 1.09 bits per heavy atom. The molecule has 5 amide bonds. The molecule has 5 heterocycles. The molecule has 2 aliphatic heterocycles. The summed E-state index contributed by atoms with van der Waals surface area (Å²) in [4.78, 5) is 95.7. The third-order valence-corrected chi connectivity index (χ3v) is 11.2. The van der Waals surface area contributed by atoms with Gasteiger partial charge >= 0.3 is 11.9 Å². The van der Waals surface area contributed by atoms with Crippen molar-refractivity contribution in [2.45, 2.75) is 42.8 Å². The molecule has 0 saturated carbocycles. The summed E-state index contributed by atoms with van der Waals surface area (Å²) in [6.45, 7) is 4.23. The van der Waals surface area contributed by atoms with Crippen molar-refractivity contribution in [1.29, 1.82) is 0 Å². The van der Waals surface area contributed by atoms with Gasteiger partial charge in [0.2, 0.25) is 11.4 Å². The third kappa shape index (κ3) is 8.23. The van der Waals surface area contributed by atoms with E-state index in [0.717, 1.165) is 40.1 Å². The lowest BCUT2D eigenvalue weighted by Gasteiger charge is -2.49. The number of phenols is 2. The van der Waals surface area contributed by atoms with Gasteiger partial charge in [0.15, 0.2) is 22.3 Å². The molecule has 1 saturated heterocycles. The van der Waals surface area contributed by atoms with Crippen LogP contribution in [0.3, 0.4) is 0 Å². The number of benzene rings is 1. The molecule has 0 bridgehead atoms. The van der Waals surface area contributed by atoms with Crippen LogP contribution >= 0.6 is 34.9 Å². The van der Waals surface area contributed by atoms with Crippen molar-refractivity contribution >= 4 is 87.0 Å². The second-order valence-corrected chi connectivity index (χ2v) is 15.4. The van der Waals surface area contributed by atoms with E-state index in [1.165, 1.54) is 47.1 Å². The maximum atomic E-state index is 13.7. The molecule has 4 aromatic rings. The van der Waals surface area contributed by atoms with Crippen molar-refractivity contribution in [2.75, 3.05) is 17.2 Å². The summed E-state index contributed by atoms with van der Waals surface area (Å²) >= 11 is 3.32. The molecular formula is C31H30N12O11S3. The van der Waals surface area contributed by atoms with Crippen molar-refractivity contribution in [1.82, 2.24) is 51.1 Å². The summed E-state index contributed by atoms with van der Waals surface area (Å²) in [5, 5.41) is 49.8. The number of aromatic nitrogens is 5. The molecule has 298 valence electrons. The molecule has 23 nitrogen and oxygen atoms in total. The van der Waals surface area contributed by atoms with Gasteiger partial charge in [0, 0.05) is 28.1 Å². The molecule has 2 atom stereocenters. The standard InChI is InChI=1S/C31H30N12O11S3/c1-11-6-17(43-30(33-11)36-21(39-43)24(48)40-53)55-8-13-9-56-26-19(25(49)42(26)20(13)27(50)51)35-23(47)18(14-10-57-29(32)34-14)41-54-31(2,3)28(52)38-37-22(46)12-4-5-15(44)16(45)7-12/h4-7,10,19,26,44-45,53H,8-9H2,1-3H3,(H2,32,34)(H,35,47)(H,37,46)(H,38,52)(H,40,48)(H,50,51)/b41-18+/t19-,26-/m1/s1. The van der Waals surface area contributed by atoms with E-state index in [4.69, 9.17) is 15.8 Å². The summed E-state index contributed by atoms with van der Waals surface area (Å²) in [7, 11) is 0. The lowest BCUT2D eigenvalue weighted by molar-refractivity contribution is -0.150. The summed E-state index contributed by atoms with van der Waals surface area (Å²) in [5.74, 6) is -6.84. The zero-order chi connectivity index (χ0) is 41.3. The van der Waals surface area contributed by atoms with Crippen molar-refractivity contribution in [3.8, 4) is 11.5 Å². The highest BCUT2D eigenvalue weighted by atomic mass is 32.2. The van der Waals surface area contributed by atoms with E-state index < -0.39 is 69.7 Å². The first kappa shape index (κ1) is 40.2. The molecular weight excluding hydrogens is 813 g/mol. The first-order valence-electron chi connectivity index (χ1n) is 16.1. The normalized spacial score (nSPS) is 16.7. The largest absolute Gasteiger partial charge is 0.504 e. The Morgan fingerprint density at radius 2 is 1.84 bits per heavy atom. The summed E-state index contributed by atoms with van der Waals surface area (Å²) < 4.78 is 1.26. The van der Waals surface area contributed by atoms with Gasteiger partial charge in [-0.15, -0.1) is 40.0 Å². The van der Waals surface area contributed by atoms with Crippen LogP contribution in [-0.2, 0) is 24.0 Å². The van der Waals surface area contributed by atoms with E-state index in [-0.39, 0.29) is 45.2 Å². The second-order valence-electron chi connectivity index (χ2n) is 12.5. The van der Waals surface area contributed by atoms with Crippen LogP contribution in [0.15, 0.2) is 51.1 Å². The lowest BCUT2D eigenvalue weighted by Crippen LogP contribution is -2.71. The summed E-state index contributed by atoms with van der Waals surface area (Å²) in [6.07, 6.45) is 0. The highest BCUT2D eigenvalue weighted by Crippen LogP contribution is 2.41. The van der Waals surface area contributed by atoms with Gasteiger partial charge in [-0.25, -0.2) is 20.2 Å². The number of hydrazine groups is 1. The van der Waals surface area contributed by atoms with Crippen LogP contribution in [0.4, 0.5) is 5.13 Å². The van der Waals surface area contributed by atoms with Gasteiger partial charge in [-0.05, 0) is 50.6 Å². The minimum absolute atomic E-state index is 0.0587. The predicted octanol–water partition coefficient (Wildman–Crippen LogP) is -0.507. The number of carboxylic acids is 1. The van der Waals surface area contributed by atoms with Crippen LogP contribution < -0.4 is 27.4 Å². The Morgan fingerprint density at radius 3 is 2.51 bits per heavy atom. The maximum absolute atomic E-state index is 13.7. The number of oxime groups is 1. The first-order chi connectivity index (χ1) is 27.0. The Bertz CT molecular complexity index is 2410. The van der Waals surface area contributed by atoms with Gasteiger partial charge in [-0.1, -0.05) is 5.16 Å². The first-order valence-corrected chi connectivity index (χ1v) is 19.0. The van der Waals surface area contributed by atoms with Crippen LogP contribution in [-0.4, -0.2) is 120 Å². The number of carbonyl (C=O) groups is 6. The van der Waals surface area contributed by atoms with Crippen molar-refractivity contribution in [3.05, 3.63) is 63.7 Å². The van der Waals surface area contributed by atoms with Crippen LogP contribution in [0.5, 0.6) is 11.5 Å². The fourth-order valence-electron chi connectivity index (χ4n) is 5.17. The zero-order valence-electron chi connectivity index (χ0n) is 29.5.